The molecule has 0 aliphatic carbocycles. The topological polar surface area (TPSA) is 122 Å². The number of nitrogens with two attached hydrogens (primary N) is 1. The molecule has 5 N–H and O–H groups in total. The minimum absolute atomic E-state index is 0.0340. The molecule has 0 rings (SSSR count). The van der Waals surface area contributed by atoms with Gasteiger partial charge >= 0.3 is 12.1 Å². The van der Waals surface area contributed by atoms with Gasteiger partial charge in [0.05, 0.1) is 0 Å². The van der Waals surface area contributed by atoms with Gasteiger partial charge in [0.2, 0.25) is 0 Å². The Kier molecular flexibility index (Phi) is 5.90. The molecule has 0 unspecified atom stereocenters. The molecule has 0 saturated carbocycles. The predicted molar refractivity (Wildman–Crippen MR) is 60.2 cm³/mol. The number of alkyl carbamates (subject to hydrolysis) is 1. The smallest absolute Gasteiger partial charge is 0.408 e. The van der Waals surface area contributed by atoms with Crippen molar-refractivity contribution in [2.75, 3.05) is 0 Å². The van der Waals surface area contributed by atoms with Gasteiger partial charge < -0.3 is 26.0 Å². The van der Waals surface area contributed by atoms with Crippen molar-refractivity contribution in [2.45, 2.75) is 51.5 Å². The highest BCUT2D eigenvalue weighted by Crippen LogP contribution is 2.08. The zero-order valence-corrected chi connectivity index (χ0v) is 10.3. The van der Waals surface area contributed by atoms with Gasteiger partial charge in [-0.15, -0.1) is 0 Å². The van der Waals surface area contributed by atoms with E-state index in [1.54, 1.807) is 20.8 Å². The Labute approximate surface area is 99.9 Å². The van der Waals surface area contributed by atoms with E-state index >= 15 is 0 Å². The number of ether oxygens (including phenoxy) is 1. The van der Waals surface area contributed by atoms with E-state index in [-0.39, 0.29) is 12.8 Å². The minimum Gasteiger partial charge on any atom is -0.480 e. The van der Waals surface area contributed by atoms with Crippen molar-refractivity contribution in [1.29, 1.82) is 0 Å². The number of nitrogens with one attached hydrogen (secondary N) is 1. The first-order valence-electron chi connectivity index (χ1n) is 5.28. The third kappa shape index (κ3) is 8.47. The van der Waals surface area contributed by atoms with Gasteiger partial charge in [0.1, 0.15) is 17.9 Å². The number of hydrogen-bond donors (Lipinski definition) is 4. The molecule has 1 amide bonds. The predicted octanol–water partition coefficient (Wildman–Crippen LogP) is 0.0216. The molecule has 0 saturated heterocycles. The molecule has 0 fully saturated rings. The molecule has 7 heteroatoms. The molecule has 0 aliphatic rings. The number of amides is 1. The van der Waals surface area contributed by atoms with E-state index in [0.717, 1.165) is 0 Å². The van der Waals surface area contributed by atoms with Gasteiger partial charge in [-0.2, -0.15) is 0 Å². The molecule has 0 spiro atoms. The average Bonchev–Trinajstić information content (AvgIpc) is 2.08. The van der Waals surface area contributed by atoms with Gasteiger partial charge in [-0.3, -0.25) is 0 Å². The van der Waals surface area contributed by atoms with Crippen LogP contribution in [0.5, 0.6) is 0 Å². The molecule has 17 heavy (non-hydrogen) atoms. The number of aliphatic hydroxyl groups is 1. The summed E-state index contributed by atoms with van der Waals surface area (Å²) < 4.78 is 4.92. The van der Waals surface area contributed by atoms with Gasteiger partial charge in [-0.25, -0.2) is 9.59 Å². The molecule has 0 aromatic rings. The number of hydrogen-bond acceptors (Lipinski definition) is 5. The Balaban J connectivity index is 4.26. The SMILES string of the molecule is CC(C)(C)OC(=O)N[C@H](CC[C@H](N)O)C(=O)O. The third-order valence-corrected chi connectivity index (χ3v) is 1.74. The summed E-state index contributed by atoms with van der Waals surface area (Å²) in [6, 6.07) is -1.12. The first-order chi connectivity index (χ1) is 7.61. The zero-order chi connectivity index (χ0) is 13.6. The van der Waals surface area contributed by atoms with Crippen LogP contribution in [0.1, 0.15) is 33.6 Å². The summed E-state index contributed by atoms with van der Waals surface area (Å²) in [5.74, 6) is -1.20. The molecular weight excluding hydrogens is 228 g/mol. The zero-order valence-electron chi connectivity index (χ0n) is 10.3. The monoisotopic (exact) mass is 248 g/mol. The Morgan fingerprint density at radius 1 is 1.35 bits per heavy atom. The second-order valence-electron chi connectivity index (χ2n) is 4.68. The van der Waals surface area contributed by atoms with E-state index < -0.39 is 29.9 Å². The van der Waals surface area contributed by atoms with Crippen LogP contribution in [0.4, 0.5) is 4.79 Å². The highest BCUT2D eigenvalue weighted by molar-refractivity contribution is 5.79. The molecule has 100 valence electrons. The molecule has 7 nitrogen and oxygen atoms in total. The molecule has 0 aliphatic heterocycles. The van der Waals surface area contributed by atoms with Crippen molar-refractivity contribution in [3.05, 3.63) is 0 Å². The van der Waals surface area contributed by atoms with Crippen LogP contribution < -0.4 is 11.1 Å². The van der Waals surface area contributed by atoms with Crippen molar-refractivity contribution >= 4 is 12.1 Å². The van der Waals surface area contributed by atoms with Crippen molar-refractivity contribution in [3.63, 3.8) is 0 Å². The van der Waals surface area contributed by atoms with Crippen molar-refractivity contribution in [3.8, 4) is 0 Å². The largest absolute Gasteiger partial charge is 0.480 e. The van der Waals surface area contributed by atoms with E-state index in [1.165, 1.54) is 0 Å². The van der Waals surface area contributed by atoms with Crippen LogP contribution in [-0.2, 0) is 9.53 Å². The van der Waals surface area contributed by atoms with Crippen molar-refractivity contribution in [1.82, 2.24) is 5.32 Å². The van der Waals surface area contributed by atoms with Crippen LogP contribution in [0.3, 0.4) is 0 Å². The molecule has 0 aromatic heterocycles. The summed E-state index contributed by atoms with van der Waals surface area (Å²) >= 11 is 0. The standard InChI is InChI=1S/C10H20N2O5/c1-10(2,3)17-9(16)12-6(8(14)15)4-5-7(11)13/h6-7,13H,4-5,11H2,1-3H3,(H,12,16)(H,14,15)/t6-,7-/m1/s1. The fourth-order valence-corrected chi connectivity index (χ4v) is 1.04. The quantitative estimate of drug-likeness (QED) is 0.509. The van der Waals surface area contributed by atoms with Crippen LogP contribution in [0.25, 0.3) is 0 Å². The Bertz CT molecular complexity index is 272. The number of carbonyl (C=O) groups excluding carboxylic acids is 1. The summed E-state index contributed by atoms with van der Waals surface area (Å²) in [4.78, 5) is 22.1. The maximum Gasteiger partial charge on any atom is 0.408 e. The fourth-order valence-electron chi connectivity index (χ4n) is 1.04. The van der Waals surface area contributed by atoms with Crippen LogP contribution in [0.15, 0.2) is 0 Å². The minimum atomic E-state index is -1.20. The van der Waals surface area contributed by atoms with Gasteiger partial charge in [-0.05, 0) is 33.6 Å². The number of rotatable bonds is 5. The molecule has 2 atom stereocenters. The number of carbonyl (C=O) groups is 2. The van der Waals surface area contributed by atoms with E-state index in [1.807, 2.05) is 0 Å². The first kappa shape index (κ1) is 15.7. The highest BCUT2D eigenvalue weighted by atomic mass is 16.6. The molecular formula is C10H20N2O5. The van der Waals surface area contributed by atoms with Crippen molar-refractivity contribution in [2.24, 2.45) is 5.73 Å². The second kappa shape index (κ2) is 6.41. The average molecular weight is 248 g/mol. The number of carboxylic acids is 1. The summed E-state index contributed by atoms with van der Waals surface area (Å²) in [5, 5.41) is 19.9. The highest BCUT2D eigenvalue weighted by Gasteiger charge is 2.23. The van der Waals surface area contributed by atoms with E-state index in [9.17, 15) is 9.59 Å². The third-order valence-electron chi connectivity index (χ3n) is 1.74. The summed E-state index contributed by atoms with van der Waals surface area (Å²) in [7, 11) is 0. The summed E-state index contributed by atoms with van der Waals surface area (Å²) in [5.41, 5.74) is 4.40. The molecule has 0 heterocycles. The second-order valence-corrected chi connectivity index (χ2v) is 4.68. The number of aliphatic hydroxyl groups excluding tert-OH is 1. The summed E-state index contributed by atoms with van der Waals surface area (Å²) in [6.07, 6.45) is -1.80. The lowest BCUT2D eigenvalue weighted by molar-refractivity contribution is -0.139. The Morgan fingerprint density at radius 2 is 1.88 bits per heavy atom. The van der Waals surface area contributed by atoms with Crippen LogP contribution in [0.2, 0.25) is 0 Å². The lowest BCUT2D eigenvalue weighted by Gasteiger charge is -2.22. The molecule has 0 bridgehead atoms. The van der Waals surface area contributed by atoms with Gasteiger partial charge in [0.25, 0.3) is 0 Å². The van der Waals surface area contributed by atoms with Crippen molar-refractivity contribution < 1.29 is 24.5 Å². The number of aliphatic carboxylic acids is 1. The maximum atomic E-state index is 11.3. The molecule has 0 aromatic carbocycles. The normalized spacial score (nSPS) is 14.9. The van der Waals surface area contributed by atoms with E-state index in [2.05, 4.69) is 5.32 Å². The fraction of sp³-hybridized carbons (Fsp3) is 0.800. The van der Waals surface area contributed by atoms with Gasteiger partial charge in [0, 0.05) is 0 Å². The lowest BCUT2D eigenvalue weighted by atomic mass is 10.1. The first-order valence-corrected chi connectivity index (χ1v) is 5.28. The van der Waals surface area contributed by atoms with Crippen LogP contribution in [-0.4, -0.2) is 40.1 Å². The lowest BCUT2D eigenvalue weighted by Crippen LogP contribution is -2.44. The molecule has 0 radical (unpaired) electrons. The Hall–Kier alpha value is -1.34. The van der Waals surface area contributed by atoms with E-state index in [0.29, 0.717) is 0 Å². The van der Waals surface area contributed by atoms with Crippen LogP contribution >= 0.6 is 0 Å². The Morgan fingerprint density at radius 3 is 2.24 bits per heavy atom. The number of carboxylic acid groups (broad SMARTS) is 1. The summed E-state index contributed by atoms with van der Waals surface area (Å²) in [6.45, 7) is 5.02. The van der Waals surface area contributed by atoms with Gasteiger partial charge in [-0.1, -0.05) is 0 Å². The van der Waals surface area contributed by atoms with Crippen LogP contribution in [0, 0.1) is 0 Å². The van der Waals surface area contributed by atoms with E-state index in [4.69, 9.17) is 20.7 Å². The van der Waals surface area contributed by atoms with Gasteiger partial charge in [0.15, 0.2) is 0 Å². The maximum absolute atomic E-state index is 11.3.